The Bertz CT molecular complexity index is 539. The van der Waals surface area contributed by atoms with E-state index in [0.29, 0.717) is 29.4 Å². The molecule has 1 aliphatic rings. The number of carbonyl (C=O) groups is 1. The molecule has 0 bridgehead atoms. The highest BCUT2D eigenvalue weighted by Gasteiger charge is 2.24. The van der Waals surface area contributed by atoms with E-state index < -0.39 is 4.92 Å². The maximum Gasteiger partial charge on any atom is 0.292 e. The van der Waals surface area contributed by atoms with Crippen molar-refractivity contribution in [1.29, 1.82) is 0 Å². The summed E-state index contributed by atoms with van der Waals surface area (Å²) in [5.74, 6) is 0.365. The van der Waals surface area contributed by atoms with Crippen LogP contribution in [0.4, 0.5) is 17.1 Å². The Morgan fingerprint density at radius 3 is 2.70 bits per heavy atom. The second-order valence-electron chi connectivity index (χ2n) is 5.07. The molecule has 20 heavy (non-hydrogen) atoms. The molecule has 1 aromatic carbocycles. The van der Waals surface area contributed by atoms with Crippen molar-refractivity contribution in [2.75, 3.05) is 17.2 Å². The molecule has 0 fully saturated rings. The number of nitro groups is 1. The second-order valence-corrected chi connectivity index (χ2v) is 5.07. The lowest BCUT2D eigenvalue weighted by atomic mass is 10.0. The molecule has 0 saturated carbocycles. The zero-order valence-corrected chi connectivity index (χ0v) is 11.7. The van der Waals surface area contributed by atoms with Gasteiger partial charge in [0.25, 0.3) is 5.69 Å². The van der Waals surface area contributed by atoms with E-state index in [1.165, 1.54) is 6.07 Å². The van der Waals surface area contributed by atoms with Crippen LogP contribution in [-0.2, 0) is 11.2 Å². The van der Waals surface area contributed by atoms with Crippen LogP contribution in [0.15, 0.2) is 12.1 Å². The van der Waals surface area contributed by atoms with E-state index in [1.54, 1.807) is 6.07 Å². The molecule has 1 amide bonds. The third-order valence-electron chi connectivity index (χ3n) is 3.78. The average molecular weight is 277 g/mol. The molecule has 0 spiro atoms. The van der Waals surface area contributed by atoms with Gasteiger partial charge in [-0.05, 0) is 17.5 Å². The summed E-state index contributed by atoms with van der Waals surface area (Å²) in [6, 6.07) is 3.16. The molecule has 108 valence electrons. The minimum Gasteiger partial charge on any atom is -0.379 e. The Morgan fingerprint density at radius 2 is 2.10 bits per heavy atom. The fourth-order valence-corrected chi connectivity index (χ4v) is 2.39. The smallest absolute Gasteiger partial charge is 0.292 e. The number of nitrogens with zero attached hydrogens (tertiary/aromatic N) is 1. The van der Waals surface area contributed by atoms with Gasteiger partial charge in [-0.2, -0.15) is 0 Å². The molecular formula is C14H19N3O3. The summed E-state index contributed by atoms with van der Waals surface area (Å²) in [4.78, 5) is 22.1. The van der Waals surface area contributed by atoms with Crippen LogP contribution in [0.5, 0.6) is 0 Å². The van der Waals surface area contributed by atoms with Crippen molar-refractivity contribution in [3.8, 4) is 0 Å². The average Bonchev–Trinajstić information content (AvgIpc) is 2.77. The number of benzene rings is 1. The summed E-state index contributed by atoms with van der Waals surface area (Å²) in [6.45, 7) is 4.90. The monoisotopic (exact) mass is 277 g/mol. The van der Waals surface area contributed by atoms with Crippen molar-refractivity contribution in [1.82, 2.24) is 0 Å². The number of nitro benzene ring substituents is 1. The summed E-state index contributed by atoms with van der Waals surface area (Å²) in [5.41, 5.74) is 1.87. The zero-order chi connectivity index (χ0) is 14.7. The van der Waals surface area contributed by atoms with Gasteiger partial charge in [-0.25, -0.2) is 0 Å². The van der Waals surface area contributed by atoms with Crippen molar-refractivity contribution < 1.29 is 9.72 Å². The zero-order valence-electron chi connectivity index (χ0n) is 11.7. The summed E-state index contributed by atoms with van der Waals surface area (Å²) in [6.07, 6.45) is 2.26. The second kappa shape index (κ2) is 5.90. The highest BCUT2D eigenvalue weighted by molar-refractivity contribution is 6.00. The molecule has 2 N–H and O–H groups in total. The number of hydrogen-bond donors (Lipinski definition) is 2. The third-order valence-corrected chi connectivity index (χ3v) is 3.78. The Kier molecular flexibility index (Phi) is 4.22. The van der Waals surface area contributed by atoms with Crippen molar-refractivity contribution >= 4 is 23.0 Å². The van der Waals surface area contributed by atoms with Crippen molar-refractivity contribution in [3.05, 3.63) is 27.8 Å². The first kappa shape index (κ1) is 14.3. The number of rotatable bonds is 6. The minimum absolute atomic E-state index is 0.0335. The predicted molar refractivity (Wildman–Crippen MR) is 78.0 cm³/mol. The molecule has 0 radical (unpaired) electrons. The van der Waals surface area contributed by atoms with Crippen LogP contribution in [0.3, 0.4) is 0 Å². The summed E-state index contributed by atoms with van der Waals surface area (Å²) >= 11 is 0. The van der Waals surface area contributed by atoms with Gasteiger partial charge < -0.3 is 10.6 Å². The Labute approximate surface area is 117 Å². The lowest BCUT2D eigenvalue weighted by molar-refractivity contribution is -0.384. The van der Waals surface area contributed by atoms with Crippen molar-refractivity contribution in [3.63, 3.8) is 0 Å². The van der Waals surface area contributed by atoms with Crippen molar-refractivity contribution in [2.45, 2.75) is 33.1 Å². The maximum absolute atomic E-state index is 11.3. The van der Waals surface area contributed by atoms with Crippen molar-refractivity contribution in [2.24, 2.45) is 5.92 Å². The van der Waals surface area contributed by atoms with Crippen LogP contribution in [-0.4, -0.2) is 17.4 Å². The van der Waals surface area contributed by atoms with Crippen LogP contribution in [0, 0.1) is 16.0 Å². The molecule has 6 heteroatoms. The third kappa shape index (κ3) is 2.89. The predicted octanol–water partition coefficient (Wildman–Crippen LogP) is 2.94. The van der Waals surface area contributed by atoms with Crippen LogP contribution in [0.1, 0.15) is 32.3 Å². The van der Waals surface area contributed by atoms with Crippen LogP contribution in [0.2, 0.25) is 0 Å². The van der Waals surface area contributed by atoms with Gasteiger partial charge in [0.2, 0.25) is 5.91 Å². The first-order valence-electron chi connectivity index (χ1n) is 6.90. The highest BCUT2D eigenvalue weighted by Crippen LogP contribution is 2.34. The number of amides is 1. The van der Waals surface area contributed by atoms with E-state index in [2.05, 4.69) is 24.5 Å². The summed E-state index contributed by atoms with van der Waals surface area (Å²) in [7, 11) is 0. The van der Waals surface area contributed by atoms with Crippen LogP contribution < -0.4 is 10.6 Å². The fraction of sp³-hybridized carbons (Fsp3) is 0.500. The fourth-order valence-electron chi connectivity index (χ4n) is 2.39. The lowest BCUT2D eigenvalue weighted by Crippen LogP contribution is -2.13. The topological polar surface area (TPSA) is 84.3 Å². The van der Waals surface area contributed by atoms with Crippen LogP contribution >= 0.6 is 0 Å². The number of nitrogens with one attached hydrogen (secondary N) is 2. The quantitative estimate of drug-likeness (QED) is 0.618. The first-order chi connectivity index (χ1) is 9.55. The van der Waals surface area contributed by atoms with E-state index in [-0.39, 0.29) is 18.0 Å². The van der Waals surface area contributed by atoms with Gasteiger partial charge in [0.1, 0.15) is 5.69 Å². The standard InChI is InChI=1S/C14H19N3O3/c1-3-9(4-2)8-15-12-7-11-10(6-14(18)16-11)5-13(12)17(19)20/h5,7,9,15H,3-4,6,8H2,1-2H3,(H,16,18). The Hall–Kier alpha value is -2.11. The Balaban J connectivity index is 2.25. The minimum atomic E-state index is -0.404. The summed E-state index contributed by atoms with van der Waals surface area (Å²) in [5, 5.41) is 17.0. The van der Waals surface area contributed by atoms with E-state index in [9.17, 15) is 14.9 Å². The molecule has 0 aromatic heterocycles. The van der Waals surface area contributed by atoms with E-state index >= 15 is 0 Å². The normalized spacial score (nSPS) is 13.2. The molecule has 1 aliphatic heterocycles. The largest absolute Gasteiger partial charge is 0.379 e. The van der Waals surface area contributed by atoms with Gasteiger partial charge in [0.15, 0.2) is 0 Å². The van der Waals surface area contributed by atoms with E-state index in [0.717, 1.165) is 12.8 Å². The van der Waals surface area contributed by atoms with Gasteiger partial charge >= 0.3 is 0 Å². The number of anilines is 2. The highest BCUT2D eigenvalue weighted by atomic mass is 16.6. The molecule has 1 aromatic rings. The molecule has 2 rings (SSSR count). The SMILES string of the molecule is CCC(CC)CNc1cc2c(cc1[N+](=O)[O-])CC(=O)N2. The summed E-state index contributed by atoms with van der Waals surface area (Å²) < 4.78 is 0. The van der Waals surface area contributed by atoms with E-state index in [4.69, 9.17) is 0 Å². The molecule has 0 atom stereocenters. The molecule has 6 nitrogen and oxygen atoms in total. The van der Waals surface area contributed by atoms with E-state index in [1.807, 2.05) is 0 Å². The number of fused-ring (bicyclic) bond motifs is 1. The van der Waals surface area contributed by atoms with Gasteiger partial charge in [-0.1, -0.05) is 26.7 Å². The first-order valence-corrected chi connectivity index (χ1v) is 6.90. The van der Waals surface area contributed by atoms with Gasteiger partial charge in [-0.15, -0.1) is 0 Å². The lowest BCUT2D eigenvalue weighted by Gasteiger charge is -2.15. The van der Waals surface area contributed by atoms with Gasteiger partial charge in [-0.3, -0.25) is 14.9 Å². The molecular weight excluding hydrogens is 258 g/mol. The van der Waals surface area contributed by atoms with Gasteiger partial charge in [0, 0.05) is 18.3 Å². The maximum atomic E-state index is 11.3. The molecule has 0 saturated heterocycles. The molecule has 0 unspecified atom stereocenters. The Morgan fingerprint density at radius 1 is 1.40 bits per heavy atom. The number of carbonyl (C=O) groups excluding carboxylic acids is 1. The number of hydrogen-bond acceptors (Lipinski definition) is 4. The van der Waals surface area contributed by atoms with Crippen LogP contribution in [0.25, 0.3) is 0 Å². The molecule has 1 heterocycles. The van der Waals surface area contributed by atoms with Gasteiger partial charge in [0.05, 0.1) is 11.3 Å². The molecule has 0 aliphatic carbocycles.